The van der Waals surface area contributed by atoms with E-state index >= 15 is 0 Å². The molecule has 1 aromatic heterocycles. The van der Waals surface area contributed by atoms with Gasteiger partial charge in [0, 0.05) is 28.9 Å². The Hall–Kier alpha value is -2.76. The molecule has 0 bridgehead atoms. The van der Waals surface area contributed by atoms with E-state index in [1.807, 2.05) is 26.8 Å². The van der Waals surface area contributed by atoms with E-state index in [9.17, 15) is 9.59 Å². The van der Waals surface area contributed by atoms with Crippen molar-refractivity contribution in [2.45, 2.75) is 44.9 Å². The fourth-order valence-electron chi connectivity index (χ4n) is 3.14. The maximum atomic E-state index is 12.6. The first kappa shape index (κ1) is 15.7. The van der Waals surface area contributed by atoms with Gasteiger partial charge in [-0.2, -0.15) is 0 Å². The maximum absolute atomic E-state index is 12.6. The number of rotatable bonds is 3. The molecule has 1 fully saturated rings. The Morgan fingerprint density at radius 2 is 2.00 bits per heavy atom. The van der Waals surface area contributed by atoms with Crippen LogP contribution in [-0.2, 0) is 10.2 Å². The molecule has 2 amide bonds. The van der Waals surface area contributed by atoms with E-state index in [2.05, 4.69) is 20.6 Å². The predicted octanol–water partition coefficient (Wildman–Crippen LogP) is 3.14. The van der Waals surface area contributed by atoms with Gasteiger partial charge in [0.15, 0.2) is 0 Å². The number of carbonyl (C=O) groups excluding carboxylic acids is 2. The van der Waals surface area contributed by atoms with Crippen LogP contribution in [0.25, 0.3) is 0 Å². The van der Waals surface area contributed by atoms with Crippen LogP contribution in [0.3, 0.4) is 0 Å². The predicted molar refractivity (Wildman–Crippen MR) is 94.8 cm³/mol. The molecule has 0 spiro atoms. The lowest BCUT2D eigenvalue weighted by atomic mass is 9.85. The number of anilines is 2. The van der Waals surface area contributed by atoms with E-state index in [4.69, 9.17) is 0 Å². The molecule has 128 valence electrons. The molecular formula is C19H20N4O2. The van der Waals surface area contributed by atoms with Crippen molar-refractivity contribution in [1.82, 2.24) is 9.97 Å². The highest BCUT2D eigenvalue weighted by molar-refractivity contribution is 6.08. The standard InChI is InChI=1S/C19H20N4O2/c1-10-20-15(11-4-5-11)9-16(21-10)23-17(24)12-6-7-14-13(8-12)19(2,3)18(25)22-14/h6-9,11H,4-5H2,1-3H3,(H,22,25)(H,20,21,23,24). The van der Waals surface area contributed by atoms with Crippen LogP contribution < -0.4 is 10.6 Å². The van der Waals surface area contributed by atoms with Crippen molar-refractivity contribution in [1.29, 1.82) is 0 Å². The number of fused-ring (bicyclic) bond motifs is 1. The van der Waals surface area contributed by atoms with Crippen LogP contribution in [0, 0.1) is 6.92 Å². The fraction of sp³-hybridized carbons (Fsp3) is 0.368. The Balaban J connectivity index is 1.60. The minimum absolute atomic E-state index is 0.0550. The summed E-state index contributed by atoms with van der Waals surface area (Å²) >= 11 is 0. The summed E-state index contributed by atoms with van der Waals surface area (Å²) in [4.78, 5) is 33.4. The van der Waals surface area contributed by atoms with Crippen molar-refractivity contribution in [3.8, 4) is 0 Å². The molecule has 2 N–H and O–H groups in total. The maximum Gasteiger partial charge on any atom is 0.256 e. The summed E-state index contributed by atoms with van der Waals surface area (Å²) in [6.45, 7) is 5.54. The number of hydrogen-bond acceptors (Lipinski definition) is 4. The van der Waals surface area contributed by atoms with Gasteiger partial charge in [-0.05, 0) is 57.4 Å². The van der Waals surface area contributed by atoms with Gasteiger partial charge in [-0.1, -0.05) is 0 Å². The SMILES string of the molecule is Cc1nc(NC(=O)c2ccc3c(c2)C(C)(C)C(=O)N3)cc(C2CC2)n1. The van der Waals surface area contributed by atoms with E-state index in [0.717, 1.165) is 29.8 Å². The van der Waals surface area contributed by atoms with Crippen molar-refractivity contribution in [3.05, 3.63) is 46.9 Å². The smallest absolute Gasteiger partial charge is 0.256 e. The minimum Gasteiger partial charge on any atom is -0.325 e. The molecule has 6 nitrogen and oxygen atoms in total. The molecule has 4 rings (SSSR count). The first-order valence-electron chi connectivity index (χ1n) is 8.47. The quantitative estimate of drug-likeness (QED) is 0.902. The summed E-state index contributed by atoms with van der Waals surface area (Å²) in [6.07, 6.45) is 2.29. The Morgan fingerprint density at radius 3 is 2.72 bits per heavy atom. The van der Waals surface area contributed by atoms with Gasteiger partial charge in [-0.25, -0.2) is 9.97 Å². The van der Waals surface area contributed by atoms with Gasteiger partial charge in [-0.15, -0.1) is 0 Å². The summed E-state index contributed by atoms with van der Waals surface area (Å²) < 4.78 is 0. The zero-order chi connectivity index (χ0) is 17.8. The van der Waals surface area contributed by atoms with Crippen LogP contribution in [0.4, 0.5) is 11.5 Å². The van der Waals surface area contributed by atoms with Crippen LogP contribution in [0.15, 0.2) is 24.3 Å². The minimum atomic E-state index is -0.643. The van der Waals surface area contributed by atoms with Crippen LogP contribution in [-0.4, -0.2) is 21.8 Å². The number of aryl methyl sites for hydroxylation is 1. The lowest BCUT2D eigenvalue weighted by Crippen LogP contribution is -2.27. The average Bonchev–Trinajstić information content (AvgIpc) is 3.36. The van der Waals surface area contributed by atoms with Crippen molar-refractivity contribution in [2.24, 2.45) is 0 Å². The Kier molecular flexibility index (Phi) is 3.39. The van der Waals surface area contributed by atoms with Gasteiger partial charge in [0.2, 0.25) is 5.91 Å². The second-order valence-corrected chi connectivity index (χ2v) is 7.29. The number of nitrogens with zero attached hydrogens (tertiary/aromatic N) is 2. The highest BCUT2D eigenvalue weighted by Gasteiger charge is 2.38. The van der Waals surface area contributed by atoms with Gasteiger partial charge in [0.05, 0.1) is 5.41 Å². The van der Waals surface area contributed by atoms with Crippen molar-refractivity contribution in [3.63, 3.8) is 0 Å². The van der Waals surface area contributed by atoms with Gasteiger partial charge in [0.1, 0.15) is 11.6 Å². The van der Waals surface area contributed by atoms with Crippen molar-refractivity contribution in [2.75, 3.05) is 10.6 Å². The number of hydrogen-bond donors (Lipinski definition) is 2. The van der Waals surface area contributed by atoms with Crippen LogP contribution in [0.5, 0.6) is 0 Å². The zero-order valence-electron chi connectivity index (χ0n) is 14.5. The summed E-state index contributed by atoms with van der Waals surface area (Å²) in [5.74, 6) is 1.38. The monoisotopic (exact) mass is 336 g/mol. The average molecular weight is 336 g/mol. The molecule has 0 radical (unpaired) electrons. The van der Waals surface area contributed by atoms with Crippen molar-refractivity contribution < 1.29 is 9.59 Å². The topological polar surface area (TPSA) is 84.0 Å². The summed E-state index contributed by atoms with van der Waals surface area (Å²) in [7, 11) is 0. The second kappa shape index (κ2) is 5.37. The van der Waals surface area contributed by atoms with Crippen LogP contribution in [0.2, 0.25) is 0 Å². The van der Waals surface area contributed by atoms with E-state index in [-0.39, 0.29) is 11.8 Å². The molecule has 0 saturated heterocycles. The van der Waals surface area contributed by atoms with Crippen LogP contribution in [0.1, 0.15) is 60.0 Å². The molecule has 2 heterocycles. The zero-order valence-corrected chi connectivity index (χ0v) is 14.5. The van der Waals surface area contributed by atoms with Gasteiger partial charge >= 0.3 is 0 Å². The van der Waals surface area contributed by atoms with Gasteiger partial charge < -0.3 is 10.6 Å². The highest BCUT2D eigenvalue weighted by Crippen LogP contribution is 2.40. The molecule has 1 saturated carbocycles. The van der Waals surface area contributed by atoms with Gasteiger partial charge in [0.25, 0.3) is 5.91 Å². The third-order valence-electron chi connectivity index (χ3n) is 4.87. The lowest BCUT2D eigenvalue weighted by Gasteiger charge is -2.15. The lowest BCUT2D eigenvalue weighted by molar-refractivity contribution is -0.119. The highest BCUT2D eigenvalue weighted by atomic mass is 16.2. The van der Waals surface area contributed by atoms with E-state index < -0.39 is 5.41 Å². The third kappa shape index (κ3) is 2.77. The molecule has 1 aliphatic carbocycles. The summed E-state index contributed by atoms with van der Waals surface area (Å²) in [5.41, 5.74) is 2.46. The largest absolute Gasteiger partial charge is 0.325 e. The second-order valence-electron chi connectivity index (χ2n) is 7.29. The molecule has 2 aliphatic rings. The first-order chi connectivity index (χ1) is 11.8. The van der Waals surface area contributed by atoms with Gasteiger partial charge in [-0.3, -0.25) is 9.59 Å². The molecule has 0 atom stereocenters. The summed E-state index contributed by atoms with van der Waals surface area (Å²) in [6, 6.07) is 7.12. The normalized spacial score (nSPS) is 17.8. The number of nitrogens with one attached hydrogen (secondary N) is 2. The molecule has 2 aromatic rings. The molecule has 0 unspecified atom stereocenters. The Labute approximate surface area is 146 Å². The van der Waals surface area contributed by atoms with Crippen LogP contribution >= 0.6 is 0 Å². The molecule has 6 heteroatoms. The number of aromatic nitrogens is 2. The van der Waals surface area contributed by atoms with E-state index in [1.54, 1.807) is 18.2 Å². The number of amides is 2. The van der Waals surface area contributed by atoms with E-state index in [0.29, 0.717) is 23.1 Å². The third-order valence-corrected chi connectivity index (χ3v) is 4.87. The summed E-state index contributed by atoms with van der Waals surface area (Å²) in [5, 5.41) is 5.70. The first-order valence-corrected chi connectivity index (χ1v) is 8.47. The van der Waals surface area contributed by atoms with Crippen molar-refractivity contribution >= 4 is 23.3 Å². The molecule has 1 aliphatic heterocycles. The number of benzene rings is 1. The molecular weight excluding hydrogens is 316 g/mol. The fourth-order valence-corrected chi connectivity index (χ4v) is 3.14. The Morgan fingerprint density at radius 1 is 1.24 bits per heavy atom. The molecule has 1 aromatic carbocycles. The molecule has 25 heavy (non-hydrogen) atoms. The van der Waals surface area contributed by atoms with E-state index in [1.165, 1.54) is 0 Å². The Bertz CT molecular complexity index is 900. The number of carbonyl (C=O) groups is 2.